The fraction of sp³-hybridized carbons (Fsp3) is 0.600. The van der Waals surface area contributed by atoms with Crippen molar-refractivity contribution in [2.75, 3.05) is 17.6 Å². The molecule has 1 atom stereocenters. The molecule has 2 heterocycles. The van der Waals surface area contributed by atoms with Crippen molar-refractivity contribution in [1.29, 1.82) is 0 Å². The Hall–Kier alpha value is -0.910. The normalized spacial score (nSPS) is 23.5. The van der Waals surface area contributed by atoms with Crippen LogP contribution in [0.25, 0.3) is 0 Å². The summed E-state index contributed by atoms with van der Waals surface area (Å²) in [5.41, 5.74) is 0.779. The minimum Gasteiger partial charge on any atom is -0.366 e. The summed E-state index contributed by atoms with van der Waals surface area (Å²) >= 11 is 0. The smallest absolute Gasteiger partial charge is 0.172 e. The first-order chi connectivity index (χ1) is 5.36. The number of fused-ring (bicyclic) bond motifs is 1. The standard InChI is InChI=1S/C5H8N4OS/c10-11-2-1-6-5-4(3-11)7-9-8-5/h1-3H2,(H2,6,7,8,9). The largest absolute Gasteiger partial charge is 0.366 e. The van der Waals surface area contributed by atoms with Crippen LogP contribution < -0.4 is 5.32 Å². The Kier molecular flexibility index (Phi) is 1.61. The van der Waals surface area contributed by atoms with Gasteiger partial charge in [-0.15, -0.1) is 5.10 Å². The van der Waals surface area contributed by atoms with Gasteiger partial charge in [0, 0.05) is 23.1 Å². The van der Waals surface area contributed by atoms with E-state index in [1.165, 1.54) is 0 Å². The Morgan fingerprint density at radius 3 is 3.27 bits per heavy atom. The lowest BCUT2D eigenvalue weighted by Gasteiger charge is -1.94. The highest BCUT2D eigenvalue weighted by atomic mass is 32.2. The Bertz CT molecular complexity index is 284. The predicted octanol–water partition coefficient (Wildman–Crippen LogP) is -0.521. The lowest BCUT2D eigenvalue weighted by Crippen LogP contribution is -2.07. The molecule has 0 fully saturated rings. The van der Waals surface area contributed by atoms with Crippen LogP contribution in [0.15, 0.2) is 0 Å². The van der Waals surface area contributed by atoms with E-state index in [4.69, 9.17) is 0 Å². The van der Waals surface area contributed by atoms with Crippen molar-refractivity contribution in [2.24, 2.45) is 0 Å². The second kappa shape index (κ2) is 2.61. The van der Waals surface area contributed by atoms with Gasteiger partial charge in [-0.3, -0.25) is 4.21 Å². The third-order valence-electron chi connectivity index (χ3n) is 1.54. The van der Waals surface area contributed by atoms with Crippen LogP contribution in [0.5, 0.6) is 0 Å². The fourth-order valence-electron chi connectivity index (χ4n) is 1.00. The van der Waals surface area contributed by atoms with Crippen LogP contribution in [0.1, 0.15) is 5.69 Å². The molecule has 1 aliphatic rings. The molecule has 0 bridgehead atoms. The van der Waals surface area contributed by atoms with Crippen molar-refractivity contribution < 1.29 is 4.21 Å². The first-order valence-corrected chi connectivity index (χ1v) is 4.83. The molecule has 0 radical (unpaired) electrons. The van der Waals surface area contributed by atoms with Gasteiger partial charge in [-0.05, 0) is 0 Å². The van der Waals surface area contributed by atoms with Gasteiger partial charge in [0.15, 0.2) is 5.82 Å². The lowest BCUT2D eigenvalue weighted by atomic mass is 10.5. The van der Waals surface area contributed by atoms with Gasteiger partial charge in [-0.25, -0.2) is 0 Å². The van der Waals surface area contributed by atoms with E-state index in [1.807, 2.05) is 0 Å². The summed E-state index contributed by atoms with van der Waals surface area (Å²) in [7, 11) is -0.782. The molecule has 0 saturated heterocycles. The highest BCUT2D eigenvalue weighted by Gasteiger charge is 2.14. The third-order valence-corrected chi connectivity index (χ3v) is 2.79. The summed E-state index contributed by atoms with van der Waals surface area (Å²) < 4.78 is 11.1. The van der Waals surface area contributed by atoms with Gasteiger partial charge >= 0.3 is 0 Å². The molecular formula is C5H8N4OS. The maximum absolute atomic E-state index is 11.1. The molecule has 2 N–H and O–H groups in total. The van der Waals surface area contributed by atoms with E-state index in [-0.39, 0.29) is 0 Å². The summed E-state index contributed by atoms with van der Waals surface area (Å²) in [6, 6.07) is 0. The van der Waals surface area contributed by atoms with Crippen molar-refractivity contribution in [1.82, 2.24) is 15.4 Å². The minimum absolute atomic E-state index is 0.513. The quantitative estimate of drug-likeness (QED) is 0.552. The van der Waals surface area contributed by atoms with E-state index in [1.54, 1.807) is 0 Å². The zero-order chi connectivity index (χ0) is 7.68. The van der Waals surface area contributed by atoms with Crippen molar-refractivity contribution in [2.45, 2.75) is 5.75 Å². The molecule has 1 aromatic rings. The van der Waals surface area contributed by atoms with Gasteiger partial charge in [-0.1, -0.05) is 0 Å². The maximum Gasteiger partial charge on any atom is 0.172 e. The number of nitrogens with zero attached hydrogens (tertiary/aromatic N) is 2. The highest BCUT2D eigenvalue weighted by Crippen LogP contribution is 2.12. The van der Waals surface area contributed by atoms with E-state index in [0.717, 1.165) is 11.5 Å². The average molecular weight is 172 g/mol. The summed E-state index contributed by atoms with van der Waals surface area (Å²) in [6.45, 7) is 0.714. The summed E-state index contributed by atoms with van der Waals surface area (Å²) in [4.78, 5) is 0. The van der Waals surface area contributed by atoms with Gasteiger partial charge in [0.2, 0.25) is 0 Å². The molecule has 0 aliphatic carbocycles. The zero-order valence-corrected chi connectivity index (χ0v) is 6.65. The minimum atomic E-state index is -0.782. The molecule has 0 amide bonds. The van der Waals surface area contributed by atoms with Crippen molar-refractivity contribution in [3.05, 3.63) is 5.69 Å². The zero-order valence-electron chi connectivity index (χ0n) is 5.83. The molecule has 1 aliphatic heterocycles. The predicted molar refractivity (Wildman–Crippen MR) is 41.6 cm³/mol. The van der Waals surface area contributed by atoms with Crippen LogP contribution >= 0.6 is 0 Å². The number of hydrogen-bond acceptors (Lipinski definition) is 4. The molecule has 1 aromatic heterocycles. The van der Waals surface area contributed by atoms with Crippen LogP contribution in [0.4, 0.5) is 5.82 Å². The number of aromatic nitrogens is 3. The molecular weight excluding hydrogens is 164 g/mol. The van der Waals surface area contributed by atoms with E-state index in [9.17, 15) is 4.21 Å². The molecule has 5 nitrogen and oxygen atoms in total. The number of anilines is 1. The fourth-order valence-corrected chi connectivity index (χ4v) is 1.98. The maximum atomic E-state index is 11.1. The Balaban J connectivity index is 2.32. The Morgan fingerprint density at radius 1 is 1.45 bits per heavy atom. The number of hydrogen-bond donors (Lipinski definition) is 2. The summed E-state index contributed by atoms with van der Waals surface area (Å²) in [5.74, 6) is 1.94. The van der Waals surface area contributed by atoms with Crippen LogP contribution in [0.2, 0.25) is 0 Å². The molecule has 11 heavy (non-hydrogen) atoms. The van der Waals surface area contributed by atoms with Gasteiger partial charge in [-0.2, -0.15) is 10.3 Å². The molecule has 6 heteroatoms. The molecule has 0 aromatic carbocycles. The monoisotopic (exact) mass is 172 g/mol. The Morgan fingerprint density at radius 2 is 2.36 bits per heavy atom. The van der Waals surface area contributed by atoms with Crippen LogP contribution in [-0.2, 0) is 16.6 Å². The van der Waals surface area contributed by atoms with E-state index < -0.39 is 10.8 Å². The third kappa shape index (κ3) is 1.25. The topological polar surface area (TPSA) is 70.7 Å². The number of nitrogens with one attached hydrogen (secondary N) is 2. The number of rotatable bonds is 0. The molecule has 0 saturated carbocycles. The molecule has 0 spiro atoms. The lowest BCUT2D eigenvalue weighted by molar-refractivity contribution is 0.682. The van der Waals surface area contributed by atoms with Gasteiger partial charge in [0.25, 0.3) is 0 Å². The van der Waals surface area contributed by atoms with Crippen molar-refractivity contribution >= 4 is 16.6 Å². The summed E-state index contributed by atoms with van der Waals surface area (Å²) in [5, 5.41) is 13.3. The van der Waals surface area contributed by atoms with E-state index in [2.05, 4.69) is 20.7 Å². The molecule has 2 rings (SSSR count). The van der Waals surface area contributed by atoms with Crippen LogP contribution in [0.3, 0.4) is 0 Å². The summed E-state index contributed by atoms with van der Waals surface area (Å²) in [6.07, 6.45) is 0. The first kappa shape index (κ1) is 6.78. The second-order valence-electron chi connectivity index (χ2n) is 2.33. The first-order valence-electron chi connectivity index (χ1n) is 3.35. The van der Waals surface area contributed by atoms with Crippen molar-refractivity contribution in [3.8, 4) is 0 Å². The van der Waals surface area contributed by atoms with E-state index >= 15 is 0 Å². The highest BCUT2D eigenvalue weighted by molar-refractivity contribution is 7.84. The van der Waals surface area contributed by atoms with Gasteiger partial charge in [0.1, 0.15) is 5.69 Å². The number of H-pyrrole nitrogens is 1. The van der Waals surface area contributed by atoms with Crippen molar-refractivity contribution in [3.63, 3.8) is 0 Å². The van der Waals surface area contributed by atoms with E-state index in [0.29, 0.717) is 18.1 Å². The van der Waals surface area contributed by atoms with Crippen LogP contribution in [0, 0.1) is 0 Å². The number of aromatic amines is 1. The average Bonchev–Trinajstić information content (AvgIpc) is 2.31. The Labute approximate surface area is 66.0 Å². The van der Waals surface area contributed by atoms with Gasteiger partial charge in [0.05, 0.1) is 5.75 Å². The SMILES string of the molecule is O=S1CCNc2n[nH]nc2C1. The van der Waals surface area contributed by atoms with Crippen LogP contribution in [-0.4, -0.2) is 31.9 Å². The molecule has 60 valence electrons. The second-order valence-corrected chi connectivity index (χ2v) is 3.91. The molecule has 1 unspecified atom stereocenters. The van der Waals surface area contributed by atoms with Gasteiger partial charge < -0.3 is 5.32 Å².